The number of nitro benzene ring substituents is 1. The molecule has 4 rings (SSSR count). The van der Waals surface area contributed by atoms with Crippen LogP contribution in [-0.4, -0.2) is 15.2 Å². The fraction of sp³-hybridized carbons (Fsp3) is 0.167. The minimum atomic E-state index is -0.418. The number of thiocarbonyl (C=S) groups is 1. The van der Waals surface area contributed by atoms with Gasteiger partial charge in [-0.2, -0.15) is 0 Å². The summed E-state index contributed by atoms with van der Waals surface area (Å²) in [7, 11) is 0. The number of nitrogens with zero attached hydrogens (tertiary/aromatic N) is 2. The van der Waals surface area contributed by atoms with Crippen molar-refractivity contribution in [1.29, 1.82) is 0 Å². The molecule has 0 N–H and O–H groups in total. The lowest BCUT2D eigenvalue weighted by Gasteiger charge is -2.15. The van der Waals surface area contributed by atoms with Gasteiger partial charge < -0.3 is 4.42 Å². The second-order valence-corrected chi connectivity index (χ2v) is 9.37. The maximum absolute atomic E-state index is 13.0. The van der Waals surface area contributed by atoms with E-state index in [2.05, 4.69) is 0 Å². The zero-order chi connectivity index (χ0) is 23.2. The van der Waals surface area contributed by atoms with Crippen LogP contribution in [0.4, 0.5) is 11.4 Å². The molecule has 0 radical (unpaired) electrons. The topological polar surface area (TPSA) is 76.6 Å². The fourth-order valence-corrected chi connectivity index (χ4v) is 4.69. The summed E-state index contributed by atoms with van der Waals surface area (Å²) < 4.78 is 6.31. The largest absolute Gasteiger partial charge is 0.456 e. The van der Waals surface area contributed by atoms with Crippen LogP contribution in [0.25, 0.3) is 17.4 Å². The summed E-state index contributed by atoms with van der Waals surface area (Å²) in [4.78, 5) is 26.1. The molecule has 1 saturated heterocycles. The highest BCUT2D eigenvalue weighted by molar-refractivity contribution is 8.27. The Bertz CT molecular complexity index is 1320. The molecule has 0 spiro atoms. The molecule has 1 aliphatic rings. The van der Waals surface area contributed by atoms with Gasteiger partial charge in [0.2, 0.25) is 0 Å². The van der Waals surface area contributed by atoms with E-state index in [1.54, 1.807) is 30.3 Å². The van der Waals surface area contributed by atoms with Gasteiger partial charge in [-0.25, -0.2) is 0 Å². The smallest absolute Gasteiger partial charge is 0.280 e. The number of hydrogen-bond acceptors (Lipinski definition) is 6. The molecule has 8 heteroatoms. The Morgan fingerprint density at radius 1 is 1.00 bits per heavy atom. The Labute approximate surface area is 195 Å². The number of nitro groups is 1. The Kier molecular flexibility index (Phi) is 5.75. The van der Waals surface area contributed by atoms with Crippen LogP contribution in [0, 0.1) is 37.8 Å². The molecule has 2 heterocycles. The first-order chi connectivity index (χ1) is 15.2. The van der Waals surface area contributed by atoms with Crippen molar-refractivity contribution in [2.24, 2.45) is 0 Å². The molecular weight excluding hydrogens is 444 g/mol. The van der Waals surface area contributed by atoms with Gasteiger partial charge in [0.25, 0.3) is 11.6 Å². The van der Waals surface area contributed by atoms with Crippen LogP contribution in [0.3, 0.4) is 0 Å². The second-order valence-electron chi connectivity index (χ2n) is 7.70. The van der Waals surface area contributed by atoms with Crippen molar-refractivity contribution in [3.8, 4) is 11.3 Å². The highest BCUT2D eigenvalue weighted by atomic mass is 32.2. The Balaban J connectivity index is 1.66. The number of carbonyl (C=O) groups excluding carboxylic acids is 1. The highest BCUT2D eigenvalue weighted by Gasteiger charge is 2.33. The summed E-state index contributed by atoms with van der Waals surface area (Å²) in [6, 6.07) is 12.4. The van der Waals surface area contributed by atoms with Gasteiger partial charge in [-0.15, -0.1) is 0 Å². The summed E-state index contributed by atoms with van der Waals surface area (Å²) in [5, 5.41) is 11.5. The fourth-order valence-electron chi connectivity index (χ4n) is 3.41. The minimum absolute atomic E-state index is 0.0185. The number of rotatable bonds is 4. The van der Waals surface area contributed by atoms with Crippen molar-refractivity contribution < 1.29 is 14.1 Å². The minimum Gasteiger partial charge on any atom is -0.456 e. The molecule has 2 aromatic carbocycles. The summed E-state index contributed by atoms with van der Waals surface area (Å²) in [6.07, 6.45) is 1.62. The van der Waals surface area contributed by atoms with Gasteiger partial charge >= 0.3 is 0 Å². The first kappa shape index (κ1) is 22.0. The predicted molar refractivity (Wildman–Crippen MR) is 132 cm³/mol. The quantitative estimate of drug-likeness (QED) is 0.190. The van der Waals surface area contributed by atoms with Crippen LogP contribution in [0.2, 0.25) is 0 Å². The van der Waals surface area contributed by atoms with Crippen molar-refractivity contribution in [3.05, 3.63) is 85.5 Å². The van der Waals surface area contributed by atoms with E-state index in [4.69, 9.17) is 16.6 Å². The molecule has 1 aromatic heterocycles. The molecule has 32 heavy (non-hydrogen) atoms. The van der Waals surface area contributed by atoms with Gasteiger partial charge in [-0.1, -0.05) is 30.0 Å². The molecular formula is C24H20N2O4S2. The Hall–Kier alpha value is -3.23. The average molecular weight is 465 g/mol. The molecule has 0 saturated carbocycles. The number of carbonyl (C=O) groups is 1. The third-order valence-corrected chi connectivity index (χ3v) is 6.82. The van der Waals surface area contributed by atoms with Crippen LogP contribution < -0.4 is 4.90 Å². The molecule has 1 aliphatic heterocycles. The van der Waals surface area contributed by atoms with Crippen LogP contribution in [0.1, 0.15) is 28.0 Å². The average Bonchev–Trinajstić information content (AvgIpc) is 3.30. The van der Waals surface area contributed by atoms with Gasteiger partial charge in [0.15, 0.2) is 4.32 Å². The van der Waals surface area contributed by atoms with E-state index in [0.29, 0.717) is 26.3 Å². The number of thioether (sulfide) groups is 1. The van der Waals surface area contributed by atoms with Crippen LogP contribution in [0.15, 0.2) is 51.8 Å². The number of amides is 1. The summed E-state index contributed by atoms with van der Waals surface area (Å²) in [6.45, 7) is 7.72. The van der Waals surface area contributed by atoms with Crippen molar-refractivity contribution in [2.45, 2.75) is 27.7 Å². The van der Waals surface area contributed by atoms with Gasteiger partial charge in [-0.05, 0) is 80.3 Å². The van der Waals surface area contributed by atoms with E-state index in [0.717, 1.165) is 27.9 Å². The van der Waals surface area contributed by atoms with Crippen molar-refractivity contribution in [1.82, 2.24) is 0 Å². The maximum Gasteiger partial charge on any atom is 0.280 e. The van der Waals surface area contributed by atoms with Gasteiger partial charge in [0.1, 0.15) is 11.5 Å². The van der Waals surface area contributed by atoms with E-state index in [1.807, 2.05) is 45.9 Å². The summed E-state index contributed by atoms with van der Waals surface area (Å²) in [5.74, 6) is 0.571. The molecule has 3 aromatic rings. The monoisotopic (exact) mass is 464 g/mol. The normalized spacial score (nSPS) is 15.1. The zero-order valence-corrected chi connectivity index (χ0v) is 19.6. The first-order valence-corrected chi connectivity index (χ1v) is 11.1. The number of hydrogen-bond donors (Lipinski definition) is 0. The van der Waals surface area contributed by atoms with Crippen molar-refractivity contribution >= 4 is 51.7 Å². The number of furan rings is 1. The molecule has 162 valence electrons. The summed E-state index contributed by atoms with van der Waals surface area (Å²) >= 11 is 6.64. The molecule has 6 nitrogen and oxygen atoms in total. The standard InChI is InChI=1S/C24H20N2O4S2/c1-13-5-6-17(9-14(13)2)25-23(27)22(32-24(25)31)12-18-7-8-21(30-18)19-10-15(3)16(4)11-20(19)26(28)29/h5-12H,1-4H3/b22-12-. The lowest BCUT2D eigenvalue weighted by atomic mass is 10.0. The van der Waals surface area contributed by atoms with E-state index in [9.17, 15) is 14.9 Å². The number of anilines is 1. The molecule has 0 atom stereocenters. The van der Waals surface area contributed by atoms with E-state index in [1.165, 1.54) is 16.7 Å². The predicted octanol–water partition coefficient (Wildman–Crippen LogP) is 6.49. The Morgan fingerprint density at radius 3 is 2.38 bits per heavy atom. The van der Waals surface area contributed by atoms with Crippen LogP contribution in [-0.2, 0) is 4.79 Å². The van der Waals surface area contributed by atoms with E-state index < -0.39 is 4.92 Å². The lowest BCUT2D eigenvalue weighted by molar-refractivity contribution is -0.384. The second kappa shape index (κ2) is 8.37. The summed E-state index contributed by atoms with van der Waals surface area (Å²) in [5.41, 5.74) is 5.09. The first-order valence-electron chi connectivity index (χ1n) is 9.87. The zero-order valence-electron chi connectivity index (χ0n) is 18.0. The van der Waals surface area contributed by atoms with Crippen LogP contribution in [0.5, 0.6) is 0 Å². The number of benzene rings is 2. The van der Waals surface area contributed by atoms with E-state index >= 15 is 0 Å². The third kappa shape index (κ3) is 3.99. The van der Waals surface area contributed by atoms with Crippen LogP contribution >= 0.6 is 24.0 Å². The number of aryl methyl sites for hydroxylation is 4. The van der Waals surface area contributed by atoms with E-state index in [-0.39, 0.29) is 11.6 Å². The molecule has 0 unspecified atom stereocenters. The van der Waals surface area contributed by atoms with Crippen molar-refractivity contribution in [2.75, 3.05) is 4.90 Å². The molecule has 0 aliphatic carbocycles. The van der Waals surface area contributed by atoms with Gasteiger partial charge in [0, 0.05) is 12.1 Å². The van der Waals surface area contributed by atoms with Crippen molar-refractivity contribution in [3.63, 3.8) is 0 Å². The maximum atomic E-state index is 13.0. The molecule has 1 fully saturated rings. The third-order valence-electron chi connectivity index (χ3n) is 5.52. The lowest BCUT2D eigenvalue weighted by Crippen LogP contribution is -2.27. The SMILES string of the molecule is Cc1ccc(N2C(=O)/C(=C/c3ccc(-c4cc(C)c(C)cc4[N+](=O)[O-])o3)SC2=S)cc1C. The Morgan fingerprint density at radius 2 is 1.69 bits per heavy atom. The molecule has 0 bridgehead atoms. The van der Waals surface area contributed by atoms with Gasteiger partial charge in [0.05, 0.1) is 21.1 Å². The highest BCUT2D eigenvalue weighted by Crippen LogP contribution is 2.38. The molecule has 1 amide bonds. The van der Waals surface area contributed by atoms with Gasteiger partial charge in [-0.3, -0.25) is 19.8 Å².